The third-order valence-electron chi connectivity index (χ3n) is 11.1. The lowest BCUT2D eigenvalue weighted by atomic mass is 9.91. The van der Waals surface area contributed by atoms with E-state index in [0.717, 1.165) is 55.7 Å². The van der Waals surface area contributed by atoms with Crippen molar-refractivity contribution in [3.8, 4) is 33.4 Å². The predicted octanol–water partition coefficient (Wildman–Crippen LogP) is 13.3. The first kappa shape index (κ1) is 37.1. The number of fused-ring (bicyclic) bond motifs is 7. The molecule has 1 N–H and O–H groups in total. The van der Waals surface area contributed by atoms with Gasteiger partial charge in [0.2, 0.25) is 0 Å². The van der Waals surface area contributed by atoms with Gasteiger partial charge >= 0.3 is 0 Å². The van der Waals surface area contributed by atoms with Crippen LogP contribution in [0.5, 0.6) is 0 Å². The molecule has 0 spiro atoms. The second-order valence-electron chi connectivity index (χ2n) is 14.9. The Morgan fingerprint density at radius 3 is 1.93 bits per heavy atom. The molecule has 0 unspecified atom stereocenters. The van der Waals surface area contributed by atoms with Crippen molar-refractivity contribution in [2.75, 3.05) is 0 Å². The summed E-state index contributed by atoms with van der Waals surface area (Å²) in [6.07, 6.45) is 12.2. The highest BCUT2D eigenvalue weighted by Crippen LogP contribution is 2.38. The van der Waals surface area contributed by atoms with Crippen molar-refractivity contribution in [1.29, 1.82) is 0 Å². The van der Waals surface area contributed by atoms with Crippen LogP contribution < -0.4 is 0 Å². The van der Waals surface area contributed by atoms with Gasteiger partial charge in [-0.3, -0.25) is 5.10 Å². The Morgan fingerprint density at radius 1 is 0.557 bits per heavy atom. The molecular weight excluding hydrogens is 745 g/mol. The van der Waals surface area contributed by atoms with Crippen molar-refractivity contribution >= 4 is 49.1 Å². The number of benzene rings is 7. The smallest absolute Gasteiger partial charge is 0.179 e. The lowest BCUT2D eigenvalue weighted by molar-refractivity contribution is 0.909. The van der Waals surface area contributed by atoms with Crippen LogP contribution in [0.15, 0.2) is 219 Å². The molecule has 0 aliphatic carbocycles. The van der Waals surface area contributed by atoms with Crippen LogP contribution >= 0.6 is 0 Å². The molecule has 3 aromatic heterocycles. The zero-order chi connectivity index (χ0) is 41.0. The average Bonchev–Trinajstić information content (AvgIpc) is 3.80. The summed E-state index contributed by atoms with van der Waals surface area (Å²) in [5.41, 5.74) is 9.95. The van der Waals surface area contributed by atoms with Crippen molar-refractivity contribution in [1.82, 2.24) is 29.8 Å². The summed E-state index contributed by atoms with van der Waals surface area (Å²) in [5.74, 6) is 1.21. The molecule has 10 rings (SSSR count). The molecule has 290 valence electrons. The van der Waals surface area contributed by atoms with Gasteiger partial charge in [0.1, 0.15) is 0 Å². The summed E-state index contributed by atoms with van der Waals surface area (Å²) >= 11 is 0. The highest BCUT2D eigenvalue weighted by atomic mass is 15.3. The van der Waals surface area contributed by atoms with E-state index >= 15 is 0 Å². The molecule has 7 aromatic carbocycles. The van der Waals surface area contributed by atoms with Crippen LogP contribution in [0.3, 0.4) is 0 Å². The average molecular weight is 785 g/mol. The number of allylic oxidation sites excluding steroid dienone is 5. The van der Waals surface area contributed by atoms with Gasteiger partial charge in [-0.25, -0.2) is 14.5 Å². The van der Waals surface area contributed by atoms with Crippen LogP contribution in [0.1, 0.15) is 17.2 Å². The van der Waals surface area contributed by atoms with E-state index in [0.29, 0.717) is 18.1 Å². The number of nitrogens with one attached hydrogen (secondary N) is 1. The SMILES string of the molecule is C=C/C(=C\C(=C/Cc1nc2c(-c3ccccc3)cccn2n1)c1cccc(-c2ccc3c4ccccc4c4ccccc4c3c2)c1)c1ncc(-c2ccccc2)ccc[nH]n1. The molecule has 0 atom stereocenters. The molecule has 0 saturated heterocycles. The van der Waals surface area contributed by atoms with Gasteiger partial charge in [0.15, 0.2) is 17.3 Å². The van der Waals surface area contributed by atoms with Crippen molar-refractivity contribution in [3.05, 3.63) is 237 Å². The Kier molecular flexibility index (Phi) is 10.1. The number of hydrogen-bond acceptors (Lipinski definition) is 4. The molecular formula is C55H40N6. The minimum atomic E-state index is 0.489. The summed E-state index contributed by atoms with van der Waals surface area (Å²) in [6.45, 7) is 4.23. The van der Waals surface area contributed by atoms with E-state index in [1.54, 1.807) is 12.3 Å². The van der Waals surface area contributed by atoms with E-state index in [1.807, 2.05) is 71.5 Å². The van der Waals surface area contributed by atoms with E-state index < -0.39 is 0 Å². The van der Waals surface area contributed by atoms with Gasteiger partial charge in [-0.2, -0.15) is 10.2 Å². The molecule has 0 radical (unpaired) electrons. The third kappa shape index (κ3) is 7.50. The Balaban J connectivity index is 1.10. The van der Waals surface area contributed by atoms with Gasteiger partial charge in [-0.1, -0.05) is 164 Å². The van der Waals surface area contributed by atoms with Crippen LogP contribution in [0.2, 0.25) is 0 Å². The van der Waals surface area contributed by atoms with Gasteiger partial charge in [0.05, 0.1) is 0 Å². The molecule has 0 bridgehead atoms. The van der Waals surface area contributed by atoms with E-state index in [1.165, 1.54) is 32.3 Å². The molecule has 10 aromatic rings. The third-order valence-corrected chi connectivity index (χ3v) is 11.1. The van der Waals surface area contributed by atoms with E-state index in [-0.39, 0.29) is 0 Å². The number of hydrogen-bond donors (Lipinski definition) is 1. The molecule has 0 fully saturated rings. The first-order chi connectivity index (χ1) is 30.2. The Labute approximate surface area is 353 Å². The van der Waals surface area contributed by atoms with Gasteiger partial charge in [0.25, 0.3) is 0 Å². The van der Waals surface area contributed by atoms with Crippen LogP contribution in [-0.4, -0.2) is 29.8 Å². The Hall–Kier alpha value is -8.22. The monoisotopic (exact) mass is 784 g/mol. The molecule has 6 nitrogen and oxygen atoms in total. The van der Waals surface area contributed by atoms with Crippen LogP contribution in [0, 0.1) is 0 Å². The fraction of sp³-hybridized carbons (Fsp3) is 0.0182. The van der Waals surface area contributed by atoms with Crippen LogP contribution in [0.25, 0.3) is 82.5 Å². The molecule has 0 amide bonds. The normalized spacial score (nSPS) is 11.9. The zero-order valence-corrected chi connectivity index (χ0v) is 33.4. The van der Waals surface area contributed by atoms with Gasteiger partial charge in [-0.15, -0.1) is 0 Å². The van der Waals surface area contributed by atoms with Gasteiger partial charge in [-0.05, 0) is 102 Å². The minimum Gasteiger partial charge on any atom is -0.284 e. The fourth-order valence-electron chi connectivity index (χ4n) is 8.13. The molecule has 3 heterocycles. The highest BCUT2D eigenvalue weighted by molar-refractivity contribution is 6.25. The summed E-state index contributed by atoms with van der Waals surface area (Å²) in [4.78, 5) is 9.95. The van der Waals surface area contributed by atoms with E-state index in [4.69, 9.17) is 15.1 Å². The summed E-state index contributed by atoms with van der Waals surface area (Å²) in [5, 5.41) is 20.1. The molecule has 6 heteroatoms. The summed E-state index contributed by atoms with van der Waals surface area (Å²) < 4.78 is 1.86. The number of rotatable bonds is 9. The first-order valence-electron chi connectivity index (χ1n) is 20.4. The lowest BCUT2D eigenvalue weighted by Crippen LogP contribution is -1.94. The van der Waals surface area contributed by atoms with Crippen molar-refractivity contribution in [2.45, 2.75) is 6.42 Å². The maximum Gasteiger partial charge on any atom is 0.179 e. The quantitative estimate of drug-likeness (QED) is 0.117. The topological polar surface area (TPSA) is 71.8 Å². The summed E-state index contributed by atoms with van der Waals surface area (Å²) in [7, 11) is 0. The zero-order valence-electron chi connectivity index (χ0n) is 33.4. The molecule has 0 saturated carbocycles. The van der Waals surface area contributed by atoms with Crippen LogP contribution in [0.4, 0.5) is 0 Å². The standard InChI is InChI=1S/C55H40N6/c1-2-38(54-56-37-45(22-14-32-57-59-54)39-16-5-3-6-17-39)34-43(29-31-53-58-55-46(27-15-33-61(55)60-53)40-18-7-4-8-19-40)41-20-13-21-42(35-41)44-28-30-51-49-25-10-9-23-47(49)48-24-11-12-26-50(48)52(51)36-44/h2-30,32-37,57H,1,31H2/b32-14?,38-34+,43-29+,45-22?,56-37?,59-54?. The van der Waals surface area contributed by atoms with Gasteiger partial charge in [0, 0.05) is 41.7 Å². The van der Waals surface area contributed by atoms with Gasteiger partial charge < -0.3 is 0 Å². The first-order valence-corrected chi connectivity index (χ1v) is 20.4. The molecule has 0 aliphatic heterocycles. The van der Waals surface area contributed by atoms with Crippen molar-refractivity contribution < 1.29 is 0 Å². The molecule has 0 aliphatic rings. The number of pyridine rings is 1. The number of H-pyrrole nitrogens is 1. The maximum absolute atomic E-state index is 5.05. The largest absolute Gasteiger partial charge is 0.284 e. The highest BCUT2D eigenvalue weighted by Gasteiger charge is 2.13. The van der Waals surface area contributed by atoms with Crippen molar-refractivity contribution in [3.63, 3.8) is 0 Å². The maximum atomic E-state index is 5.05. The van der Waals surface area contributed by atoms with Crippen molar-refractivity contribution in [2.24, 2.45) is 0 Å². The molecule has 61 heavy (non-hydrogen) atoms. The summed E-state index contributed by atoms with van der Waals surface area (Å²) in [6, 6.07) is 61.5. The number of aromatic amines is 1. The lowest BCUT2D eigenvalue weighted by Gasteiger charge is -2.13. The Morgan fingerprint density at radius 2 is 1.20 bits per heavy atom. The second-order valence-corrected chi connectivity index (χ2v) is 14.9. The minimum absolute atomic E-state index is 0.489. The Bertz CT molecular complexity index is 3320. The van der Waals surface area contributed by atoms with E-state index in [2.05, 4.69) is 150 Å². The fourth-order valence-corrected chi connectivity index (χ4v) is 8.13. The van der Waals surface area contributed by atoms with Crippen LogP contribution in [-0.2, 0) is 6.42 Å². The number of aromatic nitrogens is 6. The second kappa shape index (κ2) is 16.6. The number of nitrogens with zero attached hydrogens (tertiary/aromatic N) is 5. The van der Waals surface area contributed by atoms with E-state index in [9.17, 15) is 0 Å². The predicted molar refractivity (Wildman–Crippen MR) is 252 cm³/mol.